The Morgan fingerprint density at radius 2 is 2.03 bits per heavy atom. The van der Waals surface area contributed by atoms with Gasteiger partial charge in [-0.05, 0) is 42.7 Å². The van der Waals surface area contributed by atoms with Crippen LogP contribution in [0, 0.1) is 0 Å². The minimum Gasteiger partial charge on any atom is -0.493 e. The molecule has 0 fully saturated rings. The molecule has 0 aliphatic carbocycles. The molecule has 0 bridgehead atoms. The van der Waals surface area contributed by atoms with Crippen molar-refractivity contribution in [3.8, 4) is 17.2 Å². The first-order valence-electron chi connectivity index (χ1n) is 10.1. The number of carboxylic acid groups (broad SMARTS) is 1. The lowest BCUT2D eigenvalue weighted by molar-refractivity contribution is -0.139. The van der Waals surface area contributed by atoms with Gasteiger partial charge < -0.3 is 14.6 Å². The van der Waals surface area contributed by atoms with Crippen LogP contribution in [-0.4, -0.2) is 28.6 Å². The molecule has 1 aliphatic heterocycles. The first-order valence-corrected chi connectivity index (χ1v) is 11.3. The molecule has 0 saturated carbocycles. The summed E-state index contributed by atoms with van der Waals surface area (Å²) in [5, 5.41) is 15.0. The van der Waals surface area contributed by atoms with Crippen LogP contribution in [0.15, 0.2) is 41.8 Å². The highest BCUT2D eigenvalue weighted by molar-refractivity contribution is 7.14. The molecule has 0 spiro atoms. The lowest BCUT2D eigenvalue weighted by Gasteiger charge is -2.24. The number of fused-ring (bicyclic) bond motifs is 1. The van der Waals surface area contributed by atoms with E-state index >= 15 is 0 Å². The Labute approximate surface area is 194 Å². The summed E-state index contributed by atoms with van der Waals surface area (Å²) in [6, 6.07) is 9.78. The topological polar surface area (TPSA) is 97.8 Å². The Hall–Kier alpha value is -3.10. The largest absolute Gasteiger partial charge is 0.493 e. The number of benzene rings is 2. The fraction of sp³-hybridized carbons (Fsp3) is 0.261. The Morgan fingerprint density at radius 3 is 2.69 bits per heavy atom. The third kappa shape index (κ3) is 4.71. The fourth-order valence-corrected chi connectivity index (χ4v) is 4.38. The second-order valence-corrected chi connectivity index (χ2v) is 8.93. The number of aliphatic carboxylic acids is 1. The minimum atomic E-state index is -0.911. The summed E-state index contributed by atoms with van der Waals surface area (Å²) in [6.07, 6.45) is 0.391. The summed E-state index contributed by atoms with van der Waals surface area (Å²) in [4.78, 5) is 28.4. The minimum absolute atomic E-state index is 0.263. The van der Waals surface area contributed by atoms with Crippen LogP contribution < -0.4 is 14.8 Å². The summed E-state index contributed by atoms with van der Waals surface area (Å²) in [5.74, 6) is -0.263. The van der Waals surface area contributed by atoms with Crippen LogP contribution in [0.4, 0.5) is 5.13 Å². The van der Waals surface area contributed by atoms with Gasteiger partial charge in [0, 0.05) is 22.6 Å². The number of carbonyl (C=O) groups is 2. The molecular weight excluding hydrogens is 452 g/mol. The molecule has 2 aromatic carbocycles. The number of halogens is 1. The second kappa shape index (κ2) is 9.18. The lowest BCUT2D eigenvalue weighted by atomic mass is 9.93. The van der Waals surface area contributed by atoms with Crippen LogP contribution in [0.1, 0.15) is 53.7 Å². The Bertz CT molecular complexity index is 1160. The molecule has 1 aliphatic rings. The van der Waals surface area contributed by atoms with Crippen LogP contribution >= 0.6 is 22.9 Å². The van der Waals surface area contributed by atoms with E-state index in [4.69, 9.17) is 21.1 Å². The summed E-state index contributed by atoms with van der Waals surface area (Å²) >= 11 is 7.72. The maximum Gasteiger partial charge on any atom is 0.311 e. The van der Waals surface area contributed by atoms with Gasteiger partial charge in [0.2, 0.25) is 0 Å². The number of hydrogen-bond acceptors (Lipinski definition) is 6. The van der Waals surface area contributed by atoms with E-state index in [9.17, 15) is 14.7 Å². The highest BCUT2D eigenvalue weighted by atomic mass is 35.5. The highest BCUT2D eigenvalue weighted by Crippen LogP contribution is 2.41. The van der Waals surface area contributed by atoms with Gasteiger partial charge in [-0.2, -0.15) is 0 Å². The molecule has 7 nitrogen and oxygen atoms in total. The third-order valence-corrected chi connectivity index (χ3v) is 6.15. The van der Waals surface area contributed by atoms with Gasteiger partial charge in [-0.1, -0.05) is 25.4 Å². The summed E-state index contributed by atoms with van der Waals surface area (Å²) < 4.78 is 11.5. The van der Waals surface area contributed by atoms with E-state index in [1.165, 1.54) is 11.3 Å². The number of amides is 1. The zero-order valence-electron chi connectivity index (χ0n) is 17.4. The van der Waals surface area contributed by atoms with Gasteiger partial charge in [0.15, 0.2) is 5.13 Å². The molecular formula is C23H21ClN2O5S. The number of rotatable bonds is 6. The van der Waals surface area contributed by atoms with Crippen molar-refractivity contribution in [2.45, 2.75) is 32.1 Å². The van der Waals surface area contributed by atoms with Crippen molar-refractivity contribution in [1.82, 2.24) is 4.98 Å². The molecule has 0 radical (unpaired) electrons. The van der Waals surface area contributed by atoms with E-state index < -0.39 is 11.9 Å². The maximum atomic E-state index is 12.5. The van der Waals surface area contributed by atoms with Crippen molar-refractivity contribution in [1.29, 1.82) is 0 Å². The smallest absolute Gasteiger partial charge is 0.311 e. The van der Waals surface area contributed by atoms with Gasteiger partial charge in [0.05, 0.1) is 23.2 Å². The molecule has 1 aromatic heterocycles. The Kier molecular flexibility index (Phi) is 6.34. The fourth-order valence-electron chi connectivity index (χ4n) is 3.30. The monoisotopic (exact) mass is 472 g/mol. The lowest BCUT2D eigenvalue weighted by Crippen LogP contribution is -2.20. The predicted octanol–water partition coefficient (Wildman–Crippen LogP) is 5.92. The summed E-state index contributed by atoms with van der Waals surface area (Å²) in [6.45, 7) is 4.40. The number of thiazole rings is 1. The summed E-state index contributed by atoms with van der Waals surface area (Å²) in [7, 11) is 0. The number of carboxylic acids is 1. The normalized spacial score (nSPS) is 15.1. The van der Waals surface area contributed by atoms with Crippen molar-refractivity contribution >= 4 is 39.9 Å². The molecule has 166 valence electrons. The van der Waals surface area contributed by atoms with E-state index in [1.807, 2.05) is 19.2 Å². The number of nitrogens with one attached hydrogen (secondary N) is 1. The number of anilines is 1. The van der Waals surface area contributed by atoms with E-state index in [-0.39, 0.29) is 10.9 Å². The van der Waals surface area contributed by atoms with Gasteiger partial charge in [-0.15, -0.1) is 11.3 Å². The van der Waals surface area contributed by atoms with Gasteiger partial charge in [-0.25, -0.2) is 4.98 Å². The molecule has 3 aromatic rings. The molecule has 0 saturated heterocycles. The van der Waals surface area contributed by atoms with Crippen LogP contribution in [0.5, 0.6) is 17.2 Å². The van der Waals surface area contributed by atoms with Gasteiger partial charge in [-0.3, -0.25) is 14.9 Å². The number of nitrogens with zero attached hydrogens (tertiary/aromatic N) is 1. The summed E-state index contributed by atoms with van der Waals surface area (Å²) in [5.41, 5.74) is 1.94. The van der Waals surface area contributed by atoms with Crippen LogP contribution in [0.2, 0.25) is 5.02 Å². The molecule has 9 heteroatoms. The SMILES string of the molecule is CC(C)c1csc(NC(=O)c2ccc(Oc3cc4c(cc3Cl)C(C(=O)O)CCO4)cc2)n1. The third-order valence-electron chi connectivity index (χ3n) is 5.08. The molecule has 4 rings (SSSR count). The van der Waals surface area contributed by atoms with E-state index in [1.54, 1.807) is 36.4 Å². The Balaban J connectivity index is 1.46. The number of ether oxygens (including phenoxy) is 2. The first-order chi connectivity index (χ1) is 15.3. The molecule has 2 N–H and O–H groups in total. The number of aromatic nitrogens is 1. The van der Waals surface area contributed by atoms with Crippen LogP contribution in [-0.2, 0) is 4.79 Å². The van der Waals surface area contributed by atoms with Crippen molar-refractivity contribution < 1.29 is 24.2 Å². The first kappa shape index (κ1) is 22.1. The van der Waals surface area contributed by atoms with E-state index in [0.717, 1.165) is 5.69 Å². The van der Waals surface area contributed by atoms with E-state index in [0.29, 0.717) is 52.5 Å². The van der Waals surface area contributed by atoms with Crippen molar-refractivity contribution in [2.24, 2.45) is 0 Å². The maximum absolute atomic E-state index is 12.5. The van der Waals surface area contributed by atoms with Crippen molar-refractivity contribution in [3.05, 3.63) is 63.6 Å². The number of carbonyl (C=O) groups excluding carboxylic acids is 1. The average molecular weight is 473 g/mol. The van der Waals surface area contributed by atoms with Crippen LogP contribution in [0.3, 0.4) is 0 Å². The zero-order valence-corrected chi connectivity index (χ0v) is 19.0. The quantitative estimate of drug-likeness (QED) is 0.462. The molecule has 1 amide bonds. The van der Waals surface area contributed by atoms with Gasteiger partial charge >= 0.3 is 5.97 Å². The Morgan fingerprint density at radius 1 is 1.28 bits per heavy atom. The molecule has 1 atom stereocenters. The van der Waals surface area contributed by atoms with Gasteiger partial charge in [0.1, 0.15) is 17.2 Å². The molecule has 2 heterocycles. The number of hydrogen-bond donors (Lipinski definition) is 2. The second-order valence-electron chi connectivity index (χ2n) is 7.66. The molecule has 32 heavy (non-hydrogen) atoms. The van der Waals surface area contributed by atoms with Crippen molar-refractivity contribution in [2.75, 3.05) is 11.9 Å². The highest BCUT2D eigenvalue weighted by Gasteiger charge is 2.29. The predicted molar refractivity (Wildman–Crippen MR) is 123 cm³/mol. The average Bonchev–Trinajstić information content (AvgIpc) is 3.23. The standard InChI is InChI=1S/C23H21ClN2O5S/c1-12(2)18-11-32-23(25-18)26-21(27)13-3-5-14(6-4-13)31-20-10-19-16(9-17(20)24)15(22(28)29)7-8-30-19/h3-6,9-12,15H,7-8H2,1-2H3,(H,28,29)(H,25,26,27). The van der Waals surface area contributed by atoms with Crippen molar-refractivity contribution in [3.63, 3.8) is 0 Å². The zero-order chi connectivity index (χ0) is 22.8. The van der Waals surface area contributed by atoms with E-state index in [2.05, 4.69) is 10.3 Å². The molecule has 1 unspecified atom stereocenters. The van der Waals surface area contributed by atoms with Gasteiger partial charge in [0.25, 0.3) is 5.91 Å². The van der Waals surface area contributed by atoms with Crippen LogP contribution in [0.25, 0.3) is 0 Å².